The predicted octanol–water partition coefficient (Wildman–Crippen LogP) is 0.476. The van der Waals surface area contributed by atoms with Crippen LogP contribution in [0.1, 0.15) is 27.5 Å². The Morgan fingerprint density at radius 3 is 2.59 bits per heavy atom. The minimum atomic E-state index is -1.22. The number of carbonyl (C=O) groups excluding carboxylic acids is 1. The van der Waals surface area contributed by atoms with E-state index in [0.29, 0.717) is 18.7 Å². The second-order valence-corrected chi connectivity index (χ2v) is 4.91. The van der Waals surface area contributed by atoms with Crippen LogP contribution in [0.4, 0.5) is 0 Å². The third-order valence-corrected chi connectivity index (χ3v) is 2.80. The van der Waals surface area contributed by atoms with E-state index in [1.807, 2.05) is 0 Å². The Bertz CT molecular complexity index is 440. The molecule has 0 bridgehead atoms. The fraction of sp³-hybridized carbons (Fsp3) is 0.400. The molecular formula is C10H13NO5S. The molecule has 1 aromatic rings. The molecule has 6 nitrogen and oxygen atoms in total. The number of carboxylic acid groups (broad SMARTS) is 1. The third kappa shape index (κ3) is 4.39. The van der Waals surface area contributed by atoms with Gasteiger partial charge >= 0.3 is 5.97 Å². The molecule has 1 heterocycles. The Morgan fingerprint density at radius 1 is 1.41 bits per heavy atom. The van der Waals surface area contributed by atoms with Gasteiger partial charge in [-0.1, -0.05) is 0 Å². The van der Waals surface area contributed by atoms with Crippen LogP contribution >= 0.6 is 0 Å². The molecule has 7 heteroatoms. The predicted molar refractivity (Wildman–Crippen MR) is 61.6 cm³/mol. The normalized spacial score (nSPS) is 12.1. The smallest absolute Gasteiger partial charge is 0.371 e. The lowest BCUT2D eigenvalue weighted by Crippen LogP contribution is -2.24. The summed E-state index contributed by atoms with van der Waals surface area (Å²) in [5, 5.41) is 11.1. The van der Waals surface area contributed by atoms with Crippen LogP contribution in [0.2, 0.25) is 0 Å². The van der Waals surface area contributed by atoms with Crippen LogP contribution in [0.15, 0.2) is 16.5 Å². The van der Waals surface area contributed by atoms with Crippen molar-refractivity contribution in [3.8, 4) is 0 Å². The zero-order valence-electron chi connectivity index (χ0n) is 9.26. The van der Waals surface area contributed by atoms with E-state index in [9.17, 15) is 13.8 Å². The molecule has 0 fully saturated rings. The van der Waals surface area contributed by atoms with Gasteiger partial charge in [0.05, 0.1) is 0 Å². The molecule has 1 amide bonds. The lowest BCUT2D eigenvalue weighted by molar-refractivity contribution is 0.0659. The fourth-order valence-corrected chi connectivity index (χ4v) is 1.69. The molecular weight excluding hydrogens is 246 g/mol. The van der Waals surface area contributed by atoms with Crippen molar-refractivity contribution in [1.29, 1.82) is 0 Å². The molecule has 0 aromatic carbocycles. The van der Waals surface area contributed by atoms with Crippen LogP contribution in [0, 0.1) is 0 Å². The minimum absolute atomic E-state index is 0.0416. The summed E-state index contributed by atoms with van der Waals surface area (Å²) in [5.74, 6) is -1.49. The number of hydrogen-bond donors (Lipinski definition) is 2. The first-order chi connectivity index (χ1) is 8.00. The van der Waals surface area contributed by atoms with Crippen LogP contribution in [0.25, 0.3) is 0 Å². The first kappa shape index (κ1) is 13.4. The Kier molecular flexibility index (Phi) is 4.89. The maximum Gasteiger partial charge on any atom is 0.371 e. The molecule has 1 aromatic heterocycles. The van der Waals surface area contributed by atoms with Crippen LogP contribution in [-0.2, 0) is 10.8 Å². The number of hydrogen-bond acceptors (Lipinski definition) is 4. The van der Waals surface area contributed by atoms with Gasteiger partial charge < -0.3 is 14.8 Å². The number of nitrogens with one attached hydrogen (secondary N) is 1. The first-order valence-corrected chi connectivity index (χ1v) is 6.65. The van der Waals surface area contributed by atoms with Crippen LogP contribution < -0.4 is 5.32 Å². The van der Waals surface area contributed by atoms with Gasteiger partial charge in [0.15, 0.2) is 5.76 Å². The van der Waals surface area contributed by atoms with Crippen molar-refractivity contribution in [3.05, 3.63) is 23.7 Å². The first-order valence-electron chi connectivity index (χ1n) is 4.92. The van der Waals surface area contributed by atoms with Crippen LogP contribution in [-0.4, -0.2) is 39.7 Å². The lowest BCUT2D eigenvalue weighted by Gasteiger charge is -2.01. The molecule has 0 saturated heterocycles. The van der Waals surface area contributed by atoms with Crippen molar-refractivity contribution in [1.82, 2.24) is 5.32 Å². The fourth-order valence-electron chi connectivity index (χ4n) is 1.14. The minimum Gasteiger partial charge on any atom is -0.475 e. The topological polar surface area (TPSA) is 96.6 Å². The van der Waals surface area contributed by atoms with E-state index in [0.717, 1.165) is 0 Å². The molecule has 0 aliphatic rings. The number of aromatic carboxylic acids is 1. The van der Waals surface area contributed by atoms with Gasteiger partial charge in [0.2, 0.25) is 5.76 Å². The highest BCUT2D eigenvalue weighted by molar-refractivity contribution is 7.84. The van der Waals surface area contributed by atoms with E-state index in [1.54, 1.807) is 6.26 Å². The van der Waals surface area contributed by atoms with Crippen molar-refractivity contribution in [2.24, 2.45) is 0 Å². The summed E-state index contributed by atoms with van der Waals surface area (Å²) in [4.78, 5) is 22.0. The highest BCUT2D eigenvalue weighted by atomic mass is 32.2. The Hall–Kier alpha value is -1.63. The molecule has 0 aliphatic carbocycles. The quantitative estimate of drug-likeness (QED) is 0.724. The third-order valence-electron chi connectivity index (χ3n) is 1.93. The summed E-state index contributed by atoms with van der Waals surface area (Å²) >= 11 is 0. The van der Waals surface area contributed by atoms with E-state index < -0.39 is 22.7 Å². The van der Waals surface area contributed by atoms with Gasteiger partial charge in [-0.25, -0.2) is 4.79 Å². The Morgan fingerprint density at radius 2 is 2.06 bits per heavy atom. The van der Waals surface area contributed by atoms with Gasteiger partial charge in [-0.2, -0.15) is 0 Å². The summed E-state index contributed by atoms with van der Waals surface area (Å²) in [5.41, 5.74) is 0. The standard InChI is InChI=1S/C10H13NO5S/c1-17(15)6-2-5-11-9(12)7-3-4-8(16-7)10(13)14/h3-4H,2,5-6H2,1H3,(H,11,12)(H,13,14). The second-order valence-electron chi connectivity index (χ2n) is 3.36. The van der Waals surface area contributed by atoms with Gasteiger partial charge in [0.25, 0.3) is 5.91 Å². The Balaban J connectivity index is 2.41. The molecule has 0 spiro atoms. The van der Waals surface area contributed by atoms with Gasteiger partial charge in [-0.05, 0) is 18.6 Å². The largest absolute Gasteiger partial charge is 0.475 e. The highest BCUT2D eigenvalue weighted by Gasteiger charge is 2.14. The number of rotatable bonds is 6. The van der Waals surface area contributed by atoms with E-state index in [2.05, 4.69) is 5.32 Å². The summed E-state index contributed by atoms with van der Waals surface area (Å²) < 4.78 is 15.6. The van der Waals surface area contributed by atoms with E-state index in [1.165, 1.54) is 12.1 Å². The lowest BCUT2D eigenvalue weighted by atomic mass is 10.4. The zero-order valence-corrected chi connectivity index (χ0v) is 10.1. The van der Waals surface area contributed by atoms with Crippen molar-refractivity contribution in [2.45, 2.75) is 6.42 Å². The zero-order chi connectivity index (χ0) is 12.8. The van der Waals surface area contributed by atoms with E-state index in [4.69, 9.17) is 9.52 Å². The molecule has 1 rings (SSSR count). The summed E-state index contributed by atoms with van der Waals surface area (Å²) in [6, 6.07) is 2.52. The van der Waals surface area contributed by atoms with Crippen molar-refractivity contribution in [3.63, 3.8) is 0 Å². The molecule has 1 atom stereocenters. The molecule has 0 aliphatic heterocycles. The van der Waals surface area contributed by atoms with Crippen LogP contribution in [0.5, 0.6) is 0 Å². The van der Waals surface area contributed by atoms with Gasteiger partial charge in [0.1, 0.15) is 0 Å². The summed E-state index contributed by atoms with van der Waals surface area (Å²) in [6.45, 7) is 0.377. The average molecular weight is 259 g/mol. The molecule has 0 radical (unpaired) electrons. The monoisotopic (exact) mass is 259 g/mol. The number of furan rings is 1. The van der Waals surface area contributed by atoms with Gasteiger partial charge in [-0.3, -0.25) is 9.00 Å². The molecule has 0 saturated carbocycles. The average Bonchev–Trinajstić information content (AvgIpc) is 2.73. The second kappa shape index (κ2) is 6.19. The molecule has 2 N–H and O–H groups in total. The summed E-state index contributed by atoms with van der Waals surface area (Å²) in [6.07, 6.45) is 2.19. The number of amides is 1. The molecule has 1 unspecified atom stereocenters. The maximum absolute atomic E-state index is 11.5. The van der Waals surface area contributed by atoms with Crippen molar-refractivity contribution >= 4 is 22.7 Å². The molecule has 17 heavy (non-hydrogen) atoms. The summed E-state index contributed by atoms with van der Waals surface area (Å²) in [7, 11) is -0.879. The van der Waals surface area contributed by atoms with E-state index >= 15 is 0 Å². The van der Waals surface area contributed by atoms with Gasteiger partial charge in [-0.15, -0.1) is 0 Å². The van der Waals surface area contributed by atoms with E-state index in [-0.39, 0.29) is 11.5 Å². The number of carboxylic acids is 1. The maximum atomic E-state index is 11.5. The number of carbonyl (C=O) groups is 2. The highest BCUT2D eigenvalue weighted by Crippen LogP contribution is 2.07. The van der Waals surface area contributed by atoms with Gasteiger partial charge in [0, 0.05) is 29.4 Å². The Labute approximate surface area is 100 Å². The van der Waals surface area contributed by atoms with Crippen molar-refractivity contribution in [2.75, 3.05) is 18.6 Å². The van der Waals surface area contributed by atoms with Crippen LogP contribution in [0.3, 0.4) is 0 Å². The van der Waals surface area contributed by atoms with Crippen molar-refractivity contribution < 1.29 is 23.3 Å². The molecule has 94 valence electrons. The SMILES string of the molecule is CS(=O)CCCNC(=O)c1ccc(C(=O)O)o1.